The number of carbonyl (C=O) groups is 1. The molecule has 2 amide bonds. The number of anilines is 2. The number of piperidine rings is 1. The van der Waals surface area contributed by atoms with Gasteiger partial charge >= 0.3 is 6.03 Å². The zero-order chi connectivity index (χ0) is 18.4. The molecule has 3 aromatic rings. The average molecular weight is 362 g/mol. The van der Waals surface area contributed by atoms with Gasteiger partial charge in [-0.3, -0.25) is 0 Å². The first-order valence-corrected chi connectivity index (χ1v) is 9.34. The van der Waals surface area contributed by atoms with Crippen molar-refractivity contribution >= 4 is 28.6 Å². The number of nitrogens with zero attached hydrogens (tertiary/aromatic N) is 4. The molecule has 0 unspecified atom stereocenters. The first-order valence-electron chi connectivity index (χ1n) is 9.34. The van der Waals surface area contributed by atoms with Crippen molar-refractivity contribution in [2.75, 3.05) is 31.6 Å². The van der Waals surface area contributed by atoms with E-state index in [1.54, 1.807) is 13.4 Å². The Bertz CT molecular complexity index is 1000. The number of hydrogen-bond acceptors (Lipinski definition) is 4. The van der Waals surface area contributed by atoms with Gasteiger partial charge in [-0.2, -0.15) is 0 Å². The van der Waals surface area contributed by atoms with Crippen LogP contribution in [0.25, 0.3) is 11.0 Å². The van der Waals surface area contributed by atoms with Gasteiger partial charge in [0.1, 0.15) is 17.8 Å². The third-order valence-corrected chi connectivity index (χ3v) is 6.04. The second kappa shape index (κ2) is 5.97. The summed E-state index contributed by atoms with van der Waals surface area (Å²) in [5.74, 6) is 0.944. The number of aromatic nitrogens is 3. The van der Waals surface area contributed by atoms with Crippen molar-refractivity contribution in [1.82, 2.24) is 25.2 Å². The summed E-state index contributed by atoms with van der Waals surface area (Å²) < 4.78 is 0. The Balaban J connectivity index is 1.54. The van der Waals surface area contributed by atoms with Crippen LogP contribution >= 0.6 is 0 Å². The highest BCUT2D eigenvalue weighted by atomic mass is 16.2. The Morgan fingerprint density at radius 3 is 2.81 bits per heavy atom. The fraction of sp³-hybridized carbons (Fsp3) is 0.350. The van der Waals surface area contributed by atoms with E-state index in [1.807, 2.05) is 17.2 Å². The van der Waals surface area contributed by atoms with E-state index in [0.717, 1.165) is 49.3 Å². The van der Waals surface area contributed by atoms with Crippen molar-refractivity contribution in [3.8, 4) is 0 Å². The molecular formula is C20H22N6O. The van der Waals surface area contributed by atoms with Crippen LogP contribution in [-0.4, -0.2) is 52.6 Å². The van der Waals surface area contributed by atoms with Gasteiger partial charge in [-0.25, -0.2) is 14.8 Å². The highest BCUT2D eigenvalue weighted by Gasteiger charge is 2.46. The third-order valence-electron chi connectivity index (χ3n) is 6.04. The molecule has 27 heavy (non-hydrogen) atoms. The average Bonchev–Trinajstić information content (AvgIpc) is 3.32. The van der Waals surface area contributed by atoms with E-state index in [-0.39, 0.29) is 11.4 Å². The van der Waals surface area contributed by atoms with Crippen molar-refractivity contribution in [3.63, 3.8) is 0 Å². The Kier molecular flexibility index (Phi) is 3.56. The smallest absolute Gasteiger partial charge is 0.317 e. The minimum Gasteiger partial charge on any atom is -0.346 e. The molecule has 0 saturated carbocycles. The number of nitrogens with one attached hydrogen (secondary N) is 2. The van der Waals surface area contributed by atoms with E-state index >= 15 is 0 Å². The third kappa shape index (κ3) is 2.38. The van der Waals surface area contributed by atoms with Crippen LogP contribution in [0.4, 0.5) is 16.3 Å². The second-order valence-electron chi connectivity index (χ2n) is 7.36. The van der Waals surface area contributed by atoms with Crippen molar-refractivity contribution in [3.05, 3.63) is 48.4 Å². The van der Waals surface area contributed by atoms with E-state index in [4.69, 9.17) is 0 Å². The Labute approximate surface area is 157 Å². The lowest BCUT2D eigenvalue weighted by Crippen LogP contribution is -2.49. The fourth-order valence-electron chi connectivity index (χ4n) is 4.62. The first-order chi connectivity index (χ1) is 13.2. The summed E-state index contributed by atoms with van der Waals surface area (Å²) in [7, 11) is 1.69. The summed E-state index contributed by atoms with van der Waals surface area (Å²) in [4.78, 5) is 28.3. The summed E-state index contributed by atoms with van der Waals surface area (Å²) >= 11 is 0. The molecule has 0 bridgehead atoms. The van der Waals surface area contributed by atoms with Crippen LogP contribution in [0, 0.1) is 0 Å². The highest BCUT2D eigenvalue weighted by Crippen LogP contribution is 2.49. The molecule has 1 saturated heterocycles. The molecule has 2 aliphatic heterocycles. The molecule has 0 radical (unpaired) electrons. The lowest BCUT2D eigenvalue weighted by atomic mass is 9.74. The molecule has 5 rings (SSSR count). The number of likely N-dealkylation sites (tertiary alicyclic amines) is 1. The molecule has 1 aromatic carbocycles. The molecule has 1 spiro atoms. The van der Waals surface area contributed by atoms with Gasteiger partial charge in [0.15, 0.2) is 0 Å². The van der Waals surface area contributed by atoms with E-state index in [0.29, 0.717) is 0 Å². The lowest BCUT2D eigenvalue weighted by molar-refractivity contribution is 0.164. The summed E-state index contributed by atoms with van der Waals surface area (Å²) in [6, 6.07) is 10.7. The highest BCUT2D eigenvalue weighted by molar-refractivity contribution is 5.91. The zero-order valence-electron chi connectivity index (χ0n) is 15.3. The molecule has 2 N–H and O–H groups in total. The van der Waals surface area contributed by atoms with Crippen molar-refractivity contribution in [2.24, 2.45) is 0 Å². The maximum atomic E-state index is 12.0. The largest absolute Gasteiger partial charge is 0.346 e. The molecule has 138 valence electrons. The lowest BCUT2D eigenvalue weighted by Gasteiger charge is -2.39. The molecule has 0 atom stereocenters. The van der Waals surface area contributed by atoms with E-state index in [9.17, 15) is 4.79 Å². The number of para-hydroxylation sites is 1. The number of rotatable bonds is 1. The van der Waals surface area contributed by atoms with Crippen LogP contribution in [0.3, 0.4) is 0 Å². The molecule has 2 aliphatic rings. The Morgan fingerprint density at radius 2 is 2.00 bits per heavy atom. The number of H-pyrrole nitrogens is 1. The predicted molar refractivity (Wildman–Crippen MR) is 104 cm³/mol. The first kappa shape index (κ1) is 16.1. The van der Waals surface area contributed by atoms with Crippen molar-refractivity contribution in [1.29, 1.82) is 0 Å². The minimum absolute atomic E-state index is 0.0119. The molecule has 7 heteroatoms. The molecule has 2 aromatic heterocycles. The molecule has 7 nitrogen and oxygen atoms in total. The topological polar surface area (TPSA) is 77.2 Å². The number of aromatic amines is 1. The van der Waals surface area contributed by atoms with Crippen molar-refractivity contribution < 1.29 is 4.79 Å². The Morgan fingerprint density at radius 1 is 1.19 bits per heavy atom. The van der Waals surface area contributed by atoms with Gasteiger partial charge in [0.2, 0.25) is 0 Å². The minimum atomic E-state index is 0.0119. The van der Waals surface area contributed by atoms with Crippen LogP contribution < -0.4 is 10.2 Å². The maximum absolute atomic E-state index is 12.0. The summed E-state index contributed by atoms with van der Waals surface area (Å²) in [5, 5.41) is 3.78. The normalized spacial score (nSPS) is 18.1. The number of benzene rings is 1. The SMILES string of the molecule is CNC(=O)N1CCC2(CC1)CN(c1ncnc3[nH]ccc13)c1ccccc12. The van der Waals surface area contributed by atoms with Gasteiger partial charge in [-0.15, -0.1) is 0 Å². The predicted octanol–water partition coefficient (Wildman–Crippen LogP) is 2.78. The monoisotopic (exact) mass is 362 g/mol. The van der Waals surface area contributed by atoms with E-state index in [1.165, 1.54) is 11.3 Å². The summed E-state index contributed by atoms with van der Waals surface area (Å²) in [6.45, 7) is 2.42. The molecular weight excluding hydrogens is 340 g/mol. The van der Waals surface area contributed by atoms with Crippen LogP contribution in [0.5, 0.6) is 0 Å². The quantitative estimate of drug-likeness (QED) is 0.698. The molecule has 1 fully saturated rings. The summed E-state index contributed by atoms with van der Waals surface area (Å²) in [6.07, 6.45) is 5.43. The van der Waals surface area contributed by atoms with Gasteiger partial charge in [0.25, 0.3) is 0 Å². The standard InChI is InChI=1S/C20H22N6O/c1-21-19(27)25-10-7-20(8-11-25)12-26(16-5-3-2-4-15(16)20)18-14-6-9-22-17(14)23-13-24-18/h2-6,9,13H,7-8,10-12H2,1H3,(H,21,27)(H,22,23,24). The Hall–Kier alpha value is -3.09. The summed E-state index contributed by atoms with van der Waals surface area (Å²) in [5.41, 5.74) is 3.48. The number of carbonyl (C=O) groups excluding carboxylic acids is 1. The van der Waals surface area contributed by atoms with Gasteiger partial charge in [-0.05, 0) is 30.5 Å². The van der Waals surface area contributed by atoms with Gasteiger partial charge in [0.05, 0.1) is 5.39 Å². The fourth-order valence-corrected chi connectivity index (χ4v) is 4.62. The zero-order valence-corrected chi connectivity index (χ0v) is 15.3. The molecule has 4 heterocycles. The van der Waals surface area contributed by atoms with Crippen LogP contribution in [0.1, 0.15) is 18.4 Å². The van der Waals surface area contributed by atoms with Gasteiger partial charge in [-0.1, -0.05) is 18.2 Å². The second-order valence-corrected chi connectivity index (χ2v) is 7.36. The number of fused-ring (bicyclic) bond motifs is 3. The molecule has 0 aliphatic carbocycles. The number of hydrogen-bond donors (Lipinski definition) is 2. The number of urea groups is 1. The van der Waals surface area contributed by atoms with E-state index < -0.39 is 0 Å². The maximum Gasteiger partial charge on any atom is 0.317 e. The van der Waals surface area contributed by atoms with Crippen LogP contribution in [0.15, 0.2) is 42.9 Å². The number of amides is 2. The van der Waals surface area contributed by atoms with Crippen molar-refractivity contribution in [2.45, 2.75) is 18.3 Å². The van der Waals surface area contributed by atoms with Gasteiger partial charge in [0, 0.05) is 44.0 Å². The van der Waals surface area contributed by atoms with Gasteiger partial charge < -0.3 is 20.1 Å². The van der Waals surface area contributed by atoms with Crippen LogP contribution in [-0.2, 0) is 5.41 Å². The van der Waals surface area contributed by atoms with E-state index in [2.05, 4.69) is 49.4 Å². The van der Waals surface area contributed by atoms with Crippen LogP contribution in [0.2, 0.25) is 0 Å².